The molecule has 0 amide bonds. The highest BCUT2D eigenvalue weighted by Gasteiger charge is 2.24. The topological polar surface area (TPSA) is 80.3 Å². The third kappa shape index (κ3) is 4.68. The molecule has 0 atom stereocenters. The van der Waals surface area contributed by atoms with Gasteiger partial charge in [-0.05, 0) is 11.1 Å². The van der Waals surface area contributed by atoms with Gasteiger partial charge in [0.25, 0.3) is 0 Å². The Morgan fingerprint density at radius 3 is 2.32 bits per heavy atom. The standard InChI is InChI=1S/C14H19O7P/c1-17-10-13(14(15)18-2)12-8-6-5-7-11(12)9-21-22(16,19-3)20-4/h5-8,10H,9H2,1-4H3. The molecule has 8 heteroatoms. The van der Waals surface area contributed by atoms with Crippen LogP contribution in [0.15, 0.2) is 30.5 Å². The van der Waals surface area contributed by atoms with Crippen molar-refractivity contribution in [3.63, 3.8) is 0 Å². The summed E-state index contributed by atoms with van der Waals surface area (Å²) in [5.74, 6) is -0.559. The molecule has 7 nitrogen and oxygen atoms in total. The maximum atomic E-state index is 11.9. The number of phosphoric ester groups is 1. The van der Waals surface area contributed by atoms with Gasteiger partial charge in [-0.2, -0.15) is 0 Å². The van der Waals surface area contributed by atoms with E-state index in [9.17, 15) is 9.36 Å². The van der Waals surface area contributed by atoms with Crippen molar-refractivity contribution in [2.45, 2.75) is 6.61 Å². The van der Waals surface area contributed by atoms with E-state index < -0.39 is 13.8 Å². The van der Waals surface area contributed by atoms with Gasteiger partial charge in [0.2, 0.25) is 0 Å². The smallest absolute Gasteiger partial charge is 0.474 e. The van der Waals surface area contributed by atoms with Gasteiger partial charge in [0.05, 0.1) is 27.1 Å². The first-order valence-electron chi connectivity index (χ1n) is 6.27. The van der Waals surface area contributed by atoms with E-state index >= 15 is 0 Å². The number of benzene rings is 1. The molecule has 1 rings (SSSR count). The van der Waals surface area contributed by atoms with Crippen molar-refractivity contribution in [3.8, 4) is 0 Å². The van der Waals surface area contributed by atoms with Gasteiger partial charge in [-0.1, -0.05) is 24.3 Å². The van der Waals surface area contributed by atoms with Crippen LogP contribution in [0.5, 0.6) is 0 Å². The zero-order valence-corrected chi connectivity index (χ0v) is 13.8. The molecular formula is C14H19O7P. The molecule has 0 aliphatic carbocycles. The second kappa shape index (κ2) is 8.70. The molecule has 0 N–H and O–H groups in total. The molecule has 0 fully saturated rings. The lowest BCUT2D eigenvalue weighted by Gasteiger charge is -2.15. The summed E-state index contributed by atoms with van der Waals surface area (Å²) in [5, 5.41) is 0. The summed E-state index contributed by atoms with van der Waals surface area (Å²) in [6.07, 6.45) is 1.27. The molecule has 0 aliphatic rings. The van der Waals surface area contributed by atoms with Crippen LogP contribution in [0.25, 0.3) is 5.57 Å². The van der Waals surface area contributed by atoms with Crippen molar-refractivity contribution >= 4 is 19.4 Å². The fraction of sp³-hybridized carbons (Fsp3) is 0.357. The van der Waals surface area contributed by atoms with Gasteiger partial charge in [-0.3, -0.25) is 13.6 Å². The van der Waals surface area contributed by atoms with Gasteiger partial charge < -0.3 is 9.47 Å². The van der Waals surface area contributed by atoms with Gasteiger partial charge in [0, 0.05) is 14.2 Å². The number of hydrogen-bond donors (Lipinski definition) is 0. The van der Waals surface area contributed by atoms with E-state index in [4.69, 9.17) is 23.0 Å². The van der Waals surface area contributed by atoms with Crippen molar-refractivity contribution in [3.05, 3.63) is 41.7 Å². The van der Waals surface area contributed by atoms with E-state index in [1.807, 2.05) is 0 Å². The normalized spacial score (nSPS) is 12.1. The largest absolute Gasteiger partial charge is 0.503 e. The van der Waals surface area contributed by atoms with Crippen LogP contribution in [-0.2, 0) is 39.0 Å². The minimum absolute atomic E-state index is 0.0762. The van der Waals surface area contributed by atoms with Gasteiger partial charge in [-0.15, -0.1) is 0 Å². The number of phosphoric acid groups is 1. The van der Waals surface area contributed by atoms with Crippen LogP contribution in [0, 0.1) is 0 Å². The number of carbonyl (C=O) groups excluding carboxylic acids is 1. The molecular weight excluding hydrogens is 311 g/mol. The number of methoxy groups -OCH3 is 2. The Morgan fingerprint density at radius 2 is 1.77 bits per heavy atom. The van der Waals surface area contributed by atoms with E-state index in [0.29, 0.717) is 11.1 Å². The highest BCUT2D eigenvalue weighted by molar-refractivity contribution is 7.48. The predicted octanol–water partition coefficient (Wildman–Crippen LogP) is 2.76. The van der Waals surface area contributed by atoms with Crippen LogP contribution < -0.4 is 0 Å². The minimum Gasteiger partial charge on any atom is -0.503 e. The number of ether oxygens (including phenoxy) is 2. The monoisotopic (exact) mass is 330 g/mol. The first-order valence-corrected chi connectivity index (χ1v) is 7.73. The molecule has 0 heterocycles. The van der Waals surface area contributed by atoms with Crippen molar-refractivity contribution < 1.29 is 32.4 Å². The van der Waals surface area contributed by atoms with Gasteiger partial charge in [0.1, 0.15) is 5.57 Å². The van der Waals surface area contributed by atoms with Crippen molar-refractivity contribution in [1.82, 2.24) is 0 Å². The molecule has 0 saturated heterocycles. The molecule has 0 spiro atoms. The molecule has 0 aromatic heterocycles. The summed E-state index contributed by atoms with van der Waals surface area (Å²) in [6.45, 7) is -0.0762. The molecule has 122 valence electrons. The van der Waals surface area contributed by atoms with Crippen LogP contribution in [0.2, 0.25) is 0 Å². The fourth-order valence-electron chi connectivity index (χ4n) is 1.69. The molecule has 0 unspecified atom stereocenters. The first-order chi connectivity index (χ1) is 10.5. The Hall–Kier alpha value is -1.66. The van der Waals surface area contributed by atoms with Crippen molar-refractivity contribution in [1.29, 1.82) is 0 Å². The maximum Gasteiger partial charge on any atom is 0.474 e. The summed E-state index contributed by atoms with van der Waals surface area (Å²) >= 11 is 0. The summed E-state index contributed by atoms with van der Waals surface area (Å²) in [5.41, 5.74) is 1.36. The highest BCUT2D eigenvalue weighted by Crippen LogP contribution is 2.48. The zero-order valence-electron chi connectivity index (χ0n) is 12.9. The average Bonchev–Trinajstić information content (AvgIpc) is 2.57. The Kier molecular flexibility index (Phi) is 7.27. The molecule has 0 bridgehead atoms. The summed E-state index contributed by atoms with van der Waals surface area (Å²) in [7, 11) is 1.53. The molecule has 0 saturated carbocycles. The SMILES string of the molecule is COC=C(C(=O)OC)c1ccccc1COP(=O)(OC)OC. The molecule has 0 aliphatic heterocycles. The Bertz CT molecular complexity index is 574. The third-order valence-electron chi connectivity index (χ3n) is 2.77. The summed E-state index contributed by atoms with van der Waals surface area (Å²) < 4.78 is 36.2. The number of esters is 1. The maximum absolute atomic E-state index is 11.9. The number of hydrogen-bond acceptors (Lipinski definition) is 7. The fourth-order valence-corrected chi connectivity index (χ4v) is 2.34. The Labute approximate surface area is 129 Å². The van der Waals surface area contributed by atoms with E-state index in [1.54, 1.807) is 24.3 Å². The lowest BCUT2D eigenvalue weighted by molar-refractivity contribution is -0.133. The summed E-state index contributed by atoms with van der Waals surface area (Å²) in [4.78, 5) is 11.9. The van der Waals surface area contributed by atoms with E-state index in [2.05, 4.69) is 0 Å². The number of rotatable bonds is 8. The van der Waals surface area contributed by atoms with Crippen LogP contribution >= 0.6 is 7.82 Å². The van der Waals surface area contributed by atoms with E-state index in [-0.39, 0.29) is 12.2 Å². The second-order valence-corrected chi connectivity index (χ2v) is 5.88. The predicted molar refractivity (Wildman–Crippen MR) is 79.9 cm³/mol. The molecule has 1 aromatic rings. The van der Waals surface area contributed by atoms with Crippen LogP contribution in [0.1, 0.15) is 11.1 Å². The van der Waals surface area contributed by atoms with E-state index in [0.717, 1.165) is 0 Å². The lowest BCUT2D eigenvalue weighted by atomic mass is 10.0. The lowest BCUT2D eigenvalue weighted by Crippen LogP contribution is -2.07. The minimum atomic E-state index is -3.61. The van der Waals surface area contributed by atoms with Gasteiger partial charge in [-0.25, -0.2) is 9.36 Å². The zero-order chi connectivity index (χ0) is 16.6. The molecule has 1 aromatic carbocycles. The summed E-state index contributed by atoms with van der Waals surface area (Å²) in [6, 6.07) is 6.92. The van der Waals surface area contributed by atoms with Crippen LogP contribution in [0.4, 0.5) is 0 Å². The Morgan fingerprint density at radius 1 is 1.14 bits per heavy atom. The van der Waals surface area contributed by atoms with E-state index in [1.165, 1.54) is 34.7 Å². The third-order valence-corrected chi connectivity index (χ3v) is 4.11. The van der Waals surface area contributed by atoms with Crippen molar-refractivity contribution in [2.24, 2.45) is 0 Å². The highest BCUT2D eigenvalue weighted by atomic mass is 31.2. The van der Waals surface area contributed by atoms with Gasteiger partial charge >= 0.3 is 13.8 Å². The quantitative estimate of drug-likeness (QED) is 0.314. The van der Waals surface area contributed by atoms with Crippen LogP contribution in [-0.4, -0.2) is 34.4 Å². The number of carbonyl (C=O) groups is 1. The average molecular weight is 330 g/mol. The van der Waals surface area contributed by atoms with Crippen LogP contribution in [0.3, 0.4) is 0 Å². The molecule has 0 radical (unpaired) electrons. The first kappa shape index (κ1) is 18.4. The Balaban J connectivity index is 3.11. The molecule has 22 heavy (non-hydrogen) atoms. The van der Waals surface area contributed by atoms with Crippen molar-refractivity contribution in [2.75, 3.05) is 28.4 Å². The van der Waals surface area contributed by atoms with Gasteiger partial charge in [0.15, 0.2) is 0 Å². The second-order valence-electron chi connectivity index (χ2n) is 4.00.